The molecule has 1 aromatic carbocycles. The number of nitrogens with two attached hydrogens (primary N) is 1. The van der Waals surface area contributed by atoms with Crippen LogP contribution in [0.15, 0.2) is 29.2 Å². The summed E-state index contributed by atoms with van der Waals surface area (Å²) < 4.78 is 26.2. The van der Waals surface area contributed by atoms with E-state index in [1.54, 1.807) is 12.1 Å². The fraction of sp³-hybridized carbons (Fsp3) is 0.462. The highest BCUT2D eigenvalue weighted by Crippen LogP contribution is 2.15. The van der Waals surface area contributed by atoms with Crippen LogP contribution in [-0.2, 0) is 14.8 Å². The second-order valence-corrected chi connectivity index (χ2v) is 6.13. The zero-order valence-electron chi connectivity index (χ0n) is 12.0. The molecule has 0 saturated heterocycles. The summed E-state index contributed by atoms with van der Waals surface area (Å²) in [6, 6.07) is 6.15. The van der Waals surface area contributed by atoms with Gasteiger partial charge in [0, 0.05) is 25.2 Å². The Morgan fingerprint density at radius 2 is 2.05 bits per heavy atom. The molecule has 0 aliphatic carbocycles. The second-order valence-electron chi connectivity index (χ2n) is 4.37. The van der Waals surface area contributed by atoms with E-state index in [1.807, 2.05) is 6.92 Å². The molecule has 8 heteroatoms. The van der Waals surface area contributed by atoms with Gasteiger partial charge in [-0.1, -0.05) is 19.4 Å². The Labute approximate surface area is 132 Å². The van der Waals surface area contributed by atoms with Gasteiger partial charge in [0.1, 0.15) is 0 Å². The molecule has 0 atom stereocenters. The van der Waals surface area contributed by atoms with Crippen LogP contribution in [0.5, 0.6) is 0 Å². The molecule has 0 unspecified atom stereocenters. The van der Waals surface area contributed by atoms with Gasteiger partial charge in [0.25, 0.3) is 0 Å². The topological polar surface area (TPSA) is 101 Å². The molecule has 120 valence electrons. The molecule has 0 radical (unpaired) electrons. The van der Waals surface area contributed by atoms with Gasteiger partial charge in [0.2, 0.25) is 15.9 Å². The minimum absolute atomic E-state index is 0. The van der Waals surface area contributed by atoms with Gasteiger partial charge in [0.05, 0.1) is 4.90 Å². The van der Waals surface area contributed by atoms with E-state index >= 15 is 0 Å². The first kappa shape index (κ1) is 19.9. The van der Waals surface area contributed by atoms with Gasteiger partial charge in [-0.2, -0.15) is 0 Å². The Hall–Kier alpha value is -1.15. The van der Waals surface area contributed by atoms with Crippen molar-refractivity contribution in [2.75, 3.05) is 18.4 Å². The number of anilines is 1. The van der Waals surface area contributed by atoms with Crippen LogP contribution < -0.4 is 15.8 Å². The fourth-order valence-corrected chi connectivity index (χ4v) is 2.67. The predicted molar refractivity (Wildman–Crippen MR) is 86.1 cm³/mol. The maximum Gasteiger partial charge on any atom is 0.240 e. The smallest absolute Gasteiger partial charge is 0.240 e. The number of unbranched alkanes of at least 4 members (excludes halogenated alkanes) is 1. The van der Waals surface area contributed by atoms with Crippen LogP contribution in [0, 0.1) is 0 Å². The van der Waals surface area contributed by atoms with Crippen LogP contribution in [0.4, 0.5) is 5.69 Å². The summed E-state index contributed by atoms with van der Waals surface area (Å²) in [4.78, 5) is 11.7. The molecule has 4 N–H and O–H groups in total. The molecule has 0 heterocycles. The van der Waals surface area contributed by atoms with Crippen molar-refractivity contribution in [3.05, 3.63) is 24.3 Å². The van der Waals surface area contributed by atoms with Gasteiger partial charge < -0.3 is 11.1 Å². The summed E-state index contributed by atoms with van der Waals surface area (Å²) in [6.45, 7) is 2.41. The Morgan fingerprint density at radius 3 is 2.67 bits per heavy atom. The van der Waals surface area contributed by atoms with E-state index in [2.05, 4.69) is 10.0 Å². The number of benzene rings is 1. The molecule has 1 aromatic rings. The Morgan fingerprint density at radius 1 is 1.33 bits per heavy atom. The van der Waals surface area contributed by atoms with E-state index in [-0.39, 0.29) is 36.3 Å². The summed E-state index contributed by atoms with van der Waals surface area (Å²) in [5, 5.41) is 2.69. The Kier molecular flexibility index (Phi) is 9.19. The maximum atomic E-state index is 11.9. The van der Waals surface area contributed by atoms with Crippen LogP contribution >= 0.6 is 12.4 Å². The van der Waals surface area contributed by atoms with Gasteiger partial charge in [-0.3, -0.25) is 4.79 Å². The van der Waals surface area contributed by atoms with Gasteiger partial charge in [-0.05, 0) is 24.6 Å². The third-order valence-electron chi connectivity index (χ3n) is 2.62. The van der Waals surface area contributed by atoms with Crippen LogP contribution in [0.2, 0.25) is 0 Å². The first-order valence-corrected chi connectivity index (χ1v) is 8.07. The third kappa shape index (κ3) is 6.90. The third-order valence-corrected chi connectivity index (χ3v) is 4.08. The highest BCUT2D eigenvalue weighted by Gasteiger charge is 2.13. The molecule has 0 bridgehead atoms. The van der Waals surface area contributed by atoms with E-state index in [9.17, 15) is 13.2 Å². The molecule has 0 spiro atoms. The number of sulfonamides is 1. The van der Waals surface area contributed by atoms with Crippen molar-refractivity contribution in [3.8, 4) is 0 Å². The lowest BCUT2D eigenvalue weighted by atomic mass is 10.2. The minimum Gasteiger partial charge on any atom is -0.329 e. The molecular formula is C13H22ClN3O3S. The lowest BCUT2D eigenvalue weighted by Gasteiger charge is -2.09. The molecule has 0 aliphatic heterocycles. The fourth-order valence-electron chi connectivity index (χ4n) is 1.58. The zero-order chi connectivity index (χ0) is 15.0. The van der Waals surface area contributed by atoms with Gasteiger partial charge in [0.15, 0.2) is 0 Å². The minimum atomic E-state index is -3.58. The first-order valence-electron chi connectivity index (χ1n) is 6.59. The van der Waals surface area contributed by atoms with Crippen molar-refractivity contribution in [2.45, 2.75) is 31.1 Å². The van der Waals surface area contributed by atoms with Gasteiger partial charge in [-0.15, -0.1) is 12.4 Å². The number of carbonyl (C=O) groups is 1. The molecular weight excluding hydrogens is 314 g/mol. The van der Waals surface area contributed by atoms with Gasteiger partial charge in [-0.25, -0.2) is 13.1 Å². The molecule has 1 rings (SSSR count). The van der Waals surface area contributed by atoms with Crippen LogP contribution in [0.3, 0.4) is 0 Å². The average molecular weight is 336 g/mol. The molecule has 6 nitrogen and oxygen atoms in total. The summed E-state index contributed by atoms with van der Waals surface area (Å²) in [5.74, 6) is -0.115. The number of hydrogen-bond acceptors (Lipinski definition) is 4. The molecule has 0 fully saturated rings. The Bertz CT molecular complexity index is 549. The second kappa shape index (κ2) is 9.73. The highest BCUT2D eigenvalue weighted by atomic mass is 35.5. The van der Waals surface area contributed by atoms with Crippen LogP contribution in [0.1, 0.15) is 26.2 Å². The van der Waals surface area contributed by atoms with Crippen molar-refractivity contribution in [1.29, 1.82) is 0 Å². The van der Waals surface area contributed by atoms with E-state index in [1.165, 1.54) is 12.1 Å². The lowest BCUT2D eigenvalue weighted by molar-refractivity contribution is -0.116. The van der Waals surface area contributed by atoms with Crippen LogP contribution in [-0.4, -0.2) is 27.4 Å². The number of nitrogens with one attached hydrogen (secondary N) is 2. The van der Waals surface area contributed by atoms with Crippen LogP contribution in [0.25, 0.3) is 0 Å². The van der Waals surface area contributed by atoms with Crippen molar-refractivity contribution < 1.29 is 13.2 Å². The molecule has 0 saturated carbocycles. The van der Waals surface area contributed by atoms with Crippen molar-refractivity contribution in [3.63, 3.8) is 0 Å². The van der Waals surface area contributed by atoms with Crippen molar-refractivity contribution in [1.82, 2.24) is 4.72 Å². The Balaban J connectivity index is 0.00000400. The normalized spacial score (nSPS) is 10.8. The summed E-state index contributed by atoms with van der Waals surface area (Å²) in [5.41, 5.74) is 5.75. The molecule has 21 heavy (non-hydrogen) atoms. The number of halogens is 1. The highest BCUT2D eigenvalue weighted by molar-refractivity contribution is 7.89. The van der Waals surface area contributed by atoms with Gasteiger partial charge >= 0.3 is 0 Å². The average Bonchev–Trinajstić information content (AvgIpc) is 2.43. The number of hydrogen-bond donors (Lipinski definition) is 3. The number of amides is 1. The monoisotopic (exact) mass is 335 g/mol. The van der Waals surface area contributed by atoms with Crippen molar-refractivity contribution in [2.24, 2.45) is 5.73 Å². The largest absolute Gasteiger partial charge is 0.329 e. The number of rotatable bonds is 8. The number of carbonyl (C=O) groups excluding carboxylic acids is 1. The zero-order valence-corrected chi connectivity index (χ0v) is 13.6. The summed E-state index contributed by atoms with van der Waals surface area (Å²) in [6.07, 6.45) is 2.17. The maximum absolute atomic E-state index is 11.9. The molecule has 1 amide bonds. The summed E-state index contributed by atoms with van der Waals surface area (Å²) >= 11 is 0. The first-order chi connectivity index (χ1) is 9.49. The van der Waals surface area contributed by atoms with E-state index in [0.717, 1.165) is 12.8 Å². The van der Waals surface area contributed by atoms with Crippen molar-refractivity contribution >= 4 is 34.0 Å². The standard InChI is InChI=1S/C13H21N3O3S.ClH/c1-2-3-7-13(17)16-11-5-4-6-12(10-11)20(18,19)15-9-8-14;/h4-6,10,15H,2-3,7-9,14H2,1H3,(H,16,17);1H. The summed E-state index contributed by atoms with van der Waals surface area (Å²) in [7, 11) is -3.58. The van der Waals surface area contributed by atoms with E-state index in [4.69, 9.17) is 5.73 Å². The molecule has 0 aromatic heterocycles. The quantitative estimate of drug-likeness (QED) is 0.669. The lowest BCUT2D eigenvalue weighted by Crippen LogP contribution is -2.29. The molecule has 0 aliphatic rings. The predicted octanol–water partition coefficient (Wildman–Crippen LogP) is 1.47. The SMILES string of the molecule is CCCCC(=O)Nc1cccc(S(=O)(=O)NCCN)c1.Cl. The van der Waals surface area contributed by atoms with E-state index < -0.39 is 10.0 Å². The van der Waals surface area contributed by atoms with E-state index in [0.29, 0.717) is 12.1 Å².